The van der Waals surface area contributed by atoms with Gasteiger partial charge in [-0.1, -0.05) is 17.9 Å². The molecule has 1 aliphatic heterocycles. The summed E-state index contributed by atoms with van der Waals surface area (Å²) in [5.41, 5.74) is 6.33. The molecule has 1 aromatic heterocycles. The maximum Gasteiger partial charge on any atom is 0.269 e. The van der Waals surface area contributed by atoms with Crippen molar-refractivity contribution in [2.75, 3.05) is 13.6 Å². The molecule has 2 aliphatic rings. The number of fused-ring (bicyclic) bond motifs is 1. The number of aliphatic hydroxyl groups excluding tert-OH is 1. The van der Waals surface area contributed by atoms with Crippen molar-refractivity contribution in [3.05, 3.63) is 46.8 Å². The van der Waals surface area contributed by atoms with Gasteiger partial charge in [-0.15, -0.1) is 0 Å². The molecule has 0 spiro atoms. The molecule has 4 rings (SSSR count). The minimum atomic E-state index is -1.67. The lowest BCUT2D eigenvalue weighted by molar-refractivity contribution is -0.137. The number of hydrogen-bond donors (Lipinski definition) is 3. The van der Waals surface area contributed by atoms with Crippen LogP contribution >= 0.6 is 0 Å². The molecule has 2 unspecified atom stereocenters. The van der Waals surface area contributed by atoms with Crippen LogP contribution < -0.4 is 5.73 Å². The molecule has 1 aromatic carbocycles. The molecule has 0 saturated carbocycles. The van der Waals surface area contributed by atoms with Gasteiger partial charge in [-0.25, -0.2) is 4.68 Å². The predicted octanol–water partition coefficient (Wildman–Crippen LogP) is -0.105. The van der Waals surface area contributed by atoms with E-state index in [2.05, 4.69) is 16.9 Å². The fourth-order valence-electron chi connectivity index (χ4n) is 3.73. The Bertz CT molecular complexity index is 1050. The van der Waals surface area contributed by atoms with Gasteiger partial charge in [0, 0.05) is 31.1 Å². The molecule has 2 aromatic rings. The van der Waals surface area contributed by atoms with Crippen molar-refractivity contribution < 1.29 is 19.8 Å². The van der Waals surface area contributed by atoms with Crippen molar-refractivity contribution in [1.29, 1.82) is 0 Å². The summed E-state index contributed by atoms with van der Waals surface area (Å²) in [7, 11) is 1.63. The first kappa shape index (κ1) is 18.2. The van der Waals surface area contributed by atoms with Crippen molar-refractivity contribution >= 4 is 11.8 Å². The number of hydrogen-bond acceptors (Lipinski definition) is 5. The Labute approximate surface area is 161 Å². The SMILES string of the molecule is CN1CCC(O)(C#Cc2cccc(-n3nc(C(N)=O)c4c3C(O)CC4)c2)C1=O. The number of carbonyl (C=O) groups is 2. The molecule has 0 radical (unpaired) electrons. The highest BCUT2D eigenvalue weighted by Gasteiger charge is 2.42. The topological polar surface area (TPSA) is 122 Å². The van der Waals surface area contributed by atoms with Crippen molar-refractivity contribution in [1.82, 2.24) is 14.7 Å². The van der Waals surface area contributed by atoms with E-state index < -0.39 is 23.5 Å². The van der Waals surface area contributed by atoms with E-state index in [1.807, 2.05) is 0 Å². The van der Waals surface area contributed by atoms with E-state index in [1.165, 1.54) is 9.58 Å². The Morgan fingerprint density at radius 2 is 2.21 bits per heavy atom. The maximum atomic E-state index is 12.1. The van der Waals surface area contributed by atoms with Crippen molar-refractivity contribution in [3.8, 4) is 17.5 Å². The van der Waals surface area contributed by atoms with E-state index in [0.717, 1.165) is 0 Å². The number of nitrogens with two attached hydrogens (primary N) is 1. The van der Waals surface area contributed by atoms with Gasteiger partial charge >= 0.3 is 0 Å². The lowest BCUT2D eigenvalue weighted by Gasteiger charge is -2.13. The van der Waals surface area contributed by atoms with E-state index in [4.69, 9.17) is 5.73 Å². The first-order valence-corrected chi connectivity index (χ1v) is 9.01. The first-order valence-electron chi connectivity index (χ1n) is 9.01. The van der Waals surface area contributed by atoms with E-state index >= 15 is 0 Å². The lowest BCUT2D eigenvalue weighted by Crippen LogP contribution is -2.37. The number of aromatic nitrogens is 2. The number of amides is 2. The van der Waals surface area contributed by atoms with E-state index in [1.54, 1.807) is 31.3 Å². The zero-order valence-corrected chi connectivity index (χ0v) is 15.3. The second-order valence-corrected chi connectivity index (χ2v) is 7.18. The second-order valence-electron chi connectivity index (χ2n) is 7.18. The standard InChI is InChI=1S/C20H20N4O4/c1-23-10-9-20(28,19(23)27)8-7-12-3-2-4-13(11-12)24-17-14(5-6-15(17)25)16(22-24)18(21)26/h2-4,11,15,25,28H,5-6,9-10H2,1H3,(H2,21,26). The van der Waals surface area contributed by atoms with Crippen LogP contribution in [0.2, 0.25) is 0 Å². The van der Waals surface area contributed by atoms with Gasteiger partial charge in [-0.2, -0.15) is 5.10 Å². The average molecular weight is 380 g/mol. The molecule has 8 heteroatoms. The maximum absolute atomic E-state index is 12.1. The number of carbonyl (C=O) groups excluding carboxylic acids is 2. The summed E-state index contributed by atoms with van der Waals surface area (Å²) in [4.78, 5) is 25.2. The molecule has 2 atom stereocenters. The predicted molar refractivity (Wildman–Crippen MR) is 99.4 cm³/mol. The fourth-order valence-corrected chi connectivity index (χ4v) is 3.73. The smallest absolute Gasteiger partial charge is 0.269 e. The van der Waals surface area contributed by atoms with E-state index in [0.29, 0.717) is 41.9 Å². The van der Waals surface area contributed by atoms with Gasteiger partial charge in [0.15, 0.2) is 5.69 Å². The van der Waals surface area contributed by atoms with Gasteiger partial charge in [0.1, 0.15) is 0 Å². The van der Waals surface area contributed by atoms with Crippen LogP contribution in [0.15, 0.2) is 24.3 Å². The molecule has 0 bridgehead atoms. The first-order chi connectivity index (χ1) is 13.3. The third kappa shape index (κ3) is 2.85. The van der Waals surface area contributed by atoms with E-state index in [-0.39, 0.29) is 12.1 Å². The lowest BCUT2D eigenvalue weighted by atomic mass is 10.0. The summed E-state index contributed by atoms with van der Waals surface area (Å²) in [6.45, 7) is 0.456. The minimum absolute atomic E-state index is 0.164. The van der Waals surface area contributed by atoms with Crippen LogP contribution in [0, 0.1) is 11.8 Å². The molecule has 1 aliphatic carbocycles. The molecule has 8 nitrogen and oxygen atoms in total. The summed E-state index contributed by atoms with van der Waals surface area (Å²) in [5, 5.41) is 25.0. The molecule has 1 saturated heterocycles. The van der Waals surface area contributed by atoms with Gasteiger partial charge in [0.25, 0.3) is 11.8 Å². The number of nitrogens with zero attached hydrogens (tertiary/aromatic N) is 3. The Kier molecular flexibility index (Phi) is 4.22. The minimum Gasteiger partial charge on any atom is -0.387 e. The number of rotatable bonds is 2. The number of aliphatic hydroxyl groups is 2. The van der Waals surface area contributed by atoms with Gasteiger partial charge < -0.3 is 20.8 Å². The summed E-state index contributed by atoms with van der Waals surface area (Å²) in [5.74, 6) is 4.49. The third-order valence-corrected chi connectivity index (χ3v) is 5.25. The Balaban J connectivity index is 1.72. The summed E-state index contributed by atoms with van der Waals surface area (Å²) in [6.07, 6.45) is 0.584. The van der Waals surface area contributed by atoms with Gasteiger partial charge in [0.2, 0.25) is 5.60 Å². The molecule has 144 valence electrons. The number of primary amides is 1. The quantitative estimate of drug-likeness (QED) is 0.628. The molecule has 28 heavy (non-hydrogen) atoms. The van der Waals surface area contributed by atoms with Crippen LogP contribution in [0.5, 0.6) is 0 Å². The molecular weight excluding hydrogens is 360 g/mol. The van der Waals surface area contributed by atoms with Crippen LogP contribution in [-0.4, -0.2) is 55.9 Å². The molecular formula is C20H20N4O4. The van der Waals surface area contributed by atoms with Gasteiger partial charge in [0.05, 0.1) is 17.5 Å². The summed E-state index contributed by atoms with van der Waals surface area (Å²) >= 11 is 0. The zero-order chi connectivity index (χ0) is 20.1. The summed E-state index contributed by atoms with van der Waals surface area (Å²) in [6, 6.07) is 7.00. The Morgan fingerprint density at radius 1 is 1.43 bits per heavy atom. The van der Waals surface area contributed by atoms with Gasteiger partial charge in [-0.05, 0) is 31.0 Å². The number of benzene rings is 1. The second kappa shape index (κ2) is 6.48. The van der Waals surface area contributed by atoms with Crippen LogP contribution in [0.3, 0.4) is 0 Å². The summed E-state index contributed by atoms with van der Waals surface area (Å²) < 4.78 is 1.52. The zero-order valence-electron chi connectivity index (χ0n) is 15.3. The Hall–Kier alpha value is -3.15. The monoisotopic (exact) mass is 380 g/mol. The van der Waals surface area contributed by atoms with Crippen LogP contribution in [0.4, 0.5) is 0 Å². The van der Waals surface area contributed by atoms with Crippen LogP contribution in [-0.2, 0) is 11.2 Å². The molecule has 4 N–H and O–H groups in total. The number of likely N-dealkylation sites (N-methyl/N-ethyl adjacent to an activating group) is 1. The normalized spacial score (nSPS) is 23.5. The van der Waals surface area contributed by atoms with Crippen LogP contribution in [0.25, 0.3) is 5.69 Å². The van der Waals surface area contributed by atoms with Crippen molar-refractivity contribution in [2.24, 2.45) is 5.73 Å². The largest absolute Gasteiger partial charge is 0.387 e. The van der Waals surface area contributed by atoms with Gasteiger partial charge in [-0.3, -0.25) is 9.59 Å². The van der Waals surface area contributed by atoms with Crippen LogP contribution in [0.1, 0.15) is 46.3 Å². The molecule has 1 fully saturated rings. The highest BCUT2D eigenvalue weighted by atomic mass is 16.3. The van der Waals surface area contributed by atoms with Crippen molar-refractivity contribution in [3.63, 3.8) is 0 Å². The molecule has 2 heterocycles. The Morgan fingerprint density at radius 3 is 2.89 bits per heavy atom. The van der Waals surface area contributed by atoms with E-state index in [9.17, 15) is 19.8 Å². The fraction of sp³-hybridized carbons (Fsp3) is 0.350. The third-order valence-electron chi connectivity index (χ3n) is 5.25. The average Bonchev–Trinajstić information content (AvgIpc) is 3.31. The van der Waals surface area contributed by atoms with Crippen molar-refractivity contribution in [2.45, 2.75) is 31.0 Å². The highest BCUT2D eigenvalue weighted by Crippen LogP contribution is 2.35. The number of likely N-dealkylation sites (tertiary alicyclic amines) is 1. The highest BCUT2D eigenvalue weighted by molar-refractivity contribution is 5.93. The molecule has 2 amide bonds.